The Morgan fingerprint density at radius 1 is 1.42 bits per heavy atom. The summed E-state index contributed by atoms with van der Waals surface area (Å²) in [6, 6.07) is 0. The summed E-state index contributed by atoms with van der Waals surface area (Å²) in [5.74, 6) is 0.512. The number of nitrogens with zero attached hydrogens (tertiary/aromatic N) is 1. The maximum atomic E-state index is 12.0. The fraction of sp³-hybridized carbons (Fsp3) is 0.929. The molecule has 0 saturated carbocycles. The second kappa shape index (κ2) is 7.70. The first-order valence-electron chi connectivity index (χ1n) is 7.10. The summed E-state index contributed by atoms with van der Waals surface area (Å²) in [7, 11) is 1.70. The fourth-order valence-electron chi connectivity index (χ4n) is 2.20. The van der Waals surface area contributed by atoms with E-state index in [-0.39, 0.29) is 6.09 Å². The number of amides is 1. The highest BCUT2D eigenvalue weighted by Crippen LogP contribution is 2.18. The standard InChI is InChI=1S/C14H28N2O3/c1-14(2,3)19-13(17)16-8-5-6-12(11-16)10-15-7-9-18-4/h12,15H,5-11H2,1-4H3. The van der Waals surface area contributed by atoms with E-state index in [4.69, 9.17) is 9.47 Å². The minimum absolute atomic E-state index is 0.186. The molecule has 0 aliphatic carbocycles. The summed E-state index contributed by atoms with van der Waals surface area (Å²) in [6.07, 6.45) is 2.03. The van der Waals surface area contributed by atoms with Crippen LogP contribution in [0.5, 0.6) is 0 Å². The zero-order chi connectivity index (χ0) is 14.3. The second-order valence-electron chi connectivity index (χ2n) is 6.13. The minimum atomic E-state index is -0.416. The molecule has 0 aromatic heterocycles. The zero-order valence-corrected chi connectivity index (χ0v) is 12.7. The van der Waals surface area contributed by atoms with Gasteiger partial charge >= 0.3 is 6.09 Å². The van der Waals surface area contributed by atoms with Crippen LogP contribution in [-0.4, -0.2) is 56.5 Å². The van der Waals surface area contributed by atoms with Crippen molar-refractivity contribution >= 4 is 6.09 Å². The number of piperidine rings is 1. The minimum Gasteiger partial charge on any atom is -0.444 e. The van der Waals surface area contributed by atoms with E-state index < -0.39 is 5.60 Å². The lowest BCUT2D eigenvalue weighted by Gasteiger charge is -2.34. The predicted octanol–water partition coefficient (Wildman–Crippen LogP) is 1.87. The molecule has 0 radical (unpaired) electrons. The number of carbonyl (C=O) groups excluding carboxylic acids is 1. The van der Waals surface area contributed by atoms with E-state index in [9.17, 15) is 4.79 Å². The van der Waals surface area contributed by atoms with Crippen molar-refractivity contribution in [3.8, 4) is 0 Å². The molecule has 1 unspecified atom stereocenters. The molecule has 1 N–H and O–H groups in total. The molecule has 0 bridgehead atoms. The largest absolute Gasteiger partial charge is 0.444 e. The van der Waals surface area contributed by atoms with Gasteiger partial charge in [-0.3, -0.25) is 0 Å². The molecule has 1 rings (SSSR count). The molecule has 1 atom stereocenters. The lowest BCUT2D eigenvalue weighted by molar-refractivity contribution is 0.0166. The van der Waals surface area contributed by atoms with Crippen LogP contribution in [0.3, 0.4) is 0 Å². The van der Waals surface area contributed by atoms with Crippen molar-refractivity contribution in [1.82, 2.24) is 10.2 Å². The molecule has 1 aliphatic rings. The van der Waals surface area contributed by atoms with Crippen LogP contribution in [0, 0.1) is 5.92 Å². The normalized spacial score (nSPS) is 20.4. The van der Waals surface area contributed by atoms with Gasteiger partial charge in [-0.15, -0.1) is 0 Å². The molecular weight excluding hydrogens is 244 g/mol. The summed E-state index contributed by atoms with van der Waals surface area (Å²) >= 11 is 0. The maximum absolute atomic E-state index is 12.0. The summed E-state index contributed by atoms with van der Waals surface area (Å²) in [5.41, 5.74) is -0.416. The van der Waals surface area contributed by atoms with E-state index in [2.05, 4.69) is 5.32 Å². The van der Waals surface area contributed by atoms with Crippen molar-refractivity contribution in [2.75, 3.05) is 39.9 Å². The van der Waals surface area contributed by atoms with Crippen molar-refractivity contribution in [2.24, 2.45) is 5.92 Å². The van der Waals surface area contributed by atoms with Crippen LogP contribution in [0.2, 0.25) is 0 Å². The molecule has 1 amide bonds. The fourth-order valence-corrected chi connectivity index (χ4v) is 2.20. The smallest absolute Gasteiger partial charge is 0.410 e. The molecule has 5 heteroatoms. The molecule has 5 nitrogen and oxygen atoms in total. The molecular formula is C14H28N2O3. The number of methoxy groups -OCH3 is 1. The van der Waals surface area contributed by atoms with Gasteiger partial charge < -0.3 is 19.7 Å². The number of rotatable bonds is 5. The van der Waals surface area contributed by atoms with Crippen LogP contribution in [0.15, 0.2) is 0 Å². The van der Waals surface area contributed by atoms with Gasteiger partial charge in [0, 0.05) is 26.7 Å². The third-order valence-electron chi connectivity index (χ3n) is 3.09. The maximum Gasteiger partial charge on any atom is 0.410 e. The van der Waals surface area contributed by atoms with Crippen LogP contribution >= 0.6 is 0 Å². The van der Waals surface area contributed by atoms with Crippen molar-refractivity contribution in [2.45, 2.75) is 39.2 Å². The second-order valence-corrected chi connectivity index (χ2v) is 6.13. The van der Waals surface area contributed by atoms with Gasteiger partial charge in [0.05, 0.1) is 6.61 Å². The summed E-state index contributed by atoms with van der Waals surface area (Å²) in [5, 5.41) is 3.36. The Balaban J connectivity index is 2.31. The van der Waals surface area contributed by atoms with Crippen molar-refractivity contribution < 1.29 is 14.3 Å². The summed E-state index contributed by atoms with van der Waals surface area (Å²) in [4.78, 5) is 13.8. The SMILES string of the molecule is COCCNCC1CCCN(C(=O)OC(C)(C)C)C1. The molecule has 19 heavy (non-hydrogen) atoms. The first-order chi connectivity index (χ1) is 8.92. The Morgan fingerprint density at radius 2 is 2.16 bits per heavy atom. The molecule has 112 valence electrons. The van der Waals surface area contributed by atoms with Gasteiger partial charge in [0.15, 0.2) is 0 Å². The van der Waals surface area contributed by atoms with Crippen LogP contribution in [0.1, 0.15) is 33.6 Å². The first kappa shape index (κ1) is 16.2. The Labute approximate surface area is 116 Å². The monoisotopic (exact) mass is 272 g/mol. The topological polar surface area (TPSA) is 50.8 Å². The van der Waals surface area contributed by atoms with Gasteiger partial charge in [0.1, 0.15) is 5.60 Å². The van der Waals surface area contributed by atoms with E-state index in [0.29, 0.717) is 5.92 Å². The lowest BCUT2D eigenvalue weighted by atomic mass is 9.98. The van der Waals surface area contributed by atoms with E-state index in [1.165, 1.54) is 6.42 Å². The highest BCUT2D eigenvalue weighted by atomic mass is 16.6. The van der Waals surface area contributed by atoms with Gasteiger partial charge in [0.2, 0.25) is 0 Å². The zero-order valence-electron chi connectivity index (χ0n) is 12.7. The summed E-state index contributed by atoms with van der Waals surface area (Å²) in [6.45, 7) is 9.82. The van der Waals surface area contributed by atoms with Crippen LogP contribution < -0.4 is 5.32 Å². The Hall–Kier alpha value is -0.810. The van der Waals surface area contributed by atoms with E-state index in [0.717, 1.165) is 39.2 Å². The van der Waals surface area contributed by atoms with Crippen molar-refractivity contribution in [3.63, 3.8) is 0 Å². The number of ether oxygens (including phenoxy) is 2. The molecule has 1 aliphatic heterocycles. The lowest BCUT2D eigenvalue weighted by Crippen LogP contribution is -2.45. The first-order valence-corrected chi connectivity index (χ1v) is 7.10. The Morgan fingerprint density at radius 3 is 2.79 bits per heavy atom. The third kappa shape index (κ3) is 6.78. The molecule has 0 aromatic rings. The Bertz CT molecular complexity index is 276. The quantitative estimate of drug-likeness (QED) is 0.776. The number of nitrogens with one attached hydrogen (secondary N) is 1. The van der Waals surface area contributed by atoms with Crippen LogP contribution in [-0.2, 0) is 9.47 Å². The Kier molecular flexibility index (Phi) is 6.58. The number of carbonyl (C=O) groups is 1. The van der Waals surface area contributed by atoms with Crippen LogP contribution in [0.25, 0.3) is 0 Å². The molecule has 0 aromatic carbocycles. The van der Waals surface area contributed by atoms with Crippen molar-refractivity contribution in [1.29, 1.82) is 0 Å². The average molecular weight is 272 g/mol. The van der Waals surface area contributed by atoms with E-state index >= 15 is 0 Å². The van der Waals surface area contributed by atoms with Gasteiger partial charge in [-0.05, 0) is 46.1 Å². The van der Waals surface area contributed by atoms with Gasteiger partial charge in [0.25, 0.3) is 0 Å². The van der Waals surface area contributed by atoms with Crippen LogP contribution in [0.4, 0.5) is 4.79 Å². The van der Waals surface area contributed by atoms with E-state index in [1.807, 2.05) is 25.7 Å². The van der Waals surface area contributed by atoms with Gasteiger partial charge in [-0.2, -0.15) is 0 Å². The molecule has 1 heterocycles. The van der Waals surface area contributed by atoms with Crippen molar-refractivity contribution in [3.05, 3.63) is 0 Å². The van der Waals surface area contributed by atoms with Gasteiger partial charge in [-0.25, -0.2) is 4.79 Å². The molecule has 1 saturated heterocycles. The average Bonchev–Trinajstić information content (AvgIpc) is 2.33. The number of hydrogen-bond donors (Lipinski definition) is 1. The van der Waals surface area contributed by atoms with Gasteiger partial charge in [-0.1, -0.05) is 0 Å². The third-order valence-corrected chi connectivity index (χ3v) is 3.09. The number of likely N-dealkylation sites (tertiary alicyclic amines) is 1. The number of hydrogen-bond acceptors (Lipinski definition) is 4. The highest BCUT2D eigenvalue weighted by Gasteiger charge is 2.27. The van der Waals surface area contributed by atoms with E-state index in [1.54, 1.807) is 7.11 Å². The summed E-state index contributed by atoms with van der Waals surface area (Å²) < 4.78 is 10.4. The predicted molar refractivity (Wildman–Crippen MR) is 75.3 cm³/mol. The molecule has 0 spiro atoms. The molecule has 1 fully saturated rings. The highest BCUT2D eigenvalue weighted by molar-refractivity contribution is 5.68.